The van der Waals surface area contributed by atoms with Crippen LogP contribution >= 0.6 is 38.6 Å². The van der Waals surface area contributed by atoms with Gasteiger partial charge in [-0.15, -0.1) is 22.7 Å². The highest BCUT2D eigenvalue weighted by molar-refractivity contribution is 9.11. The van der Waals surface area contributed by atoms with E-state index in [-0.39, 0.29) is 11.8 Å². The van der Waals surface area contributed by atoms with Crippen LogP contribution in [0.25, 0.3) is 9.75 Å². The molecule has 0 aliphatic rings. The zero-order chi connectivity index (χ0) is 16.4. The van der Waals surface area contributed by atoms with Crippen molar-refractivity contribution in [1.29, 1.82) is 0 Å². The van der Waals surface area contributed by atoms with Crippen molar-refractivity contribution >= 4 is 44.5 Å². The molecule has 1 amide bonds. The van der Waals surface area contributed by atoms with E-state index in [2.05, 4.69) is 35.9 Å². The summed E-state index contributed by atoms with van der Waals surface area (Å²) in [4.78, 5) is 28.4. The first-order valence-corrected chi connectivity index (χ1v) is 9.15. The second-order valence-electron chi connectivity index (χ2n) is 4.86. The van der Waals surface area contributed by atoms with E-state index in [1.807, 2.05) is 31.2 Å². The molecule has 3 heterocycles. The number of nitrogens with zero attached hydrogens (tertiary/aromatic N) is 1. The molecule has 0 aliphatic heterocycles. The summed E-state index contributed by atoms with van der Waals surface area (Å²) in [6, 6.07) is 7.76. The van der Waals surface area contributed by atoms with Gasteiger partial charge in [-0.1, -0.05) is 12.1 Å². The molecule has 1 atom stereocenters. The molecule has 0 saturated heterocycles. The Morgan fingerprint density at radius 3 is 2.74 bits per heavy atom. The van der Waals surface area contributed by atoms with Gasteiger partial charge in [0.2, 0.25) is 0 Å². The maximum absolute atomic E-state index is 12.2. The SMILES string of the molecule is CC(CNC(=O)c1ccc(-c2ccc(Br)s2)s1)c1noc(=O)[nH]1. The van der Waals surface area contributed by atoms with E-state index in [0.29, 0.717) is 17.2 Å². The molecule has 0 radical (unpaired) electrons. The first-order valence-electron chi connectivity index (χ1n) is 6.72. The molecule has 0 bridgehead atoms. The van der Waals surface area contributed by atoms with E-state index in [4.69, 9.17) is 0 Å². The van der Waals surface area contributed by atoms with Crippen molar-refractivity contribution in [2.75, 3.05) is 6.54 Å². The molecule has 3 aromatic rings. The Kier molecular flexibility index (Phi) is 4.79. The lowest BCUT2D eigenvalue weighted by Gasteiger charge is -2.08. The minimum atomic E-state index is -0.594. The molecule has 0 aromatic carbocycles. The maximum Gasteiger partial charge on any atom is 0.438 e. The third-order valence-electron chi connectivity index (χ3n) is 3.14. The smallest absolute Gasteiger partial charge is 0.351 e. The van der Waals surface area contributed by atoms with Crippen LogP contribution in [0.5, 0.6) is 0 Å². The van der Waals surface area contributed by atoms with Gasteiger partial charge in [0.05, 0.1) is 8.66 Å². The first kappa shape index (κ1) is 16.2. The van der Waals surface area contributed by atoms with Crippen molar-refractivity contribution in [3.63, 3.8) is 0 Å². The van der Waals surface area contributed by atoms with Crippen LogP contribution in [-0.2, 0) is 0 Å². The summed E-state index contributed by atoms with van der Waals surface area (Å²) in [5.74, 6) is -0.457. The number of aromatic nitrogens is 2. The second kappa shape index (κ2) is 6.81. The van der Waals surface area contributed by atoms with Gasteiger partial charge in [0.25, 0.3) is 5.91 Å². The van der Waals surface area contributed by atoms with Crippen molar-refractivity contribution in [1.82, 2.24) is 15.5 Å². The number of rotatable bonds is 5. The van der Waals surface area contributed by atoms with Gasteiger partial charge in [0, 0.05) is 22.2 Å². The third-order valence-corrected chi connectivity index (χ3v) is 6.04. The van der Waals surface area contributed by atoms with E-state index in [1.165, 1.54) is 11.3 Å². The van der Waals surface area contributed by atoms with Gasteiger partial charge >= 0.3 is 5.76 Å². The lowest BCUT2D eigenvalue weighted by atomic mass is 10.1. The van der Waals surface area contributed by atoms with Crippen molar-refractivity contribution in [2.24, 2.45) is 0 Å². The molecular weight excluding hydrogens is 402 g/mol. The van der Waals surface area contributed by atoms with Crippen LogP contribution in [0, 0.1) is 0 Å². The zero-order valence-corrected chi connectivity index (χ0v) is 15.2. The molecule has 0 fully saturated rings. The highest BCUT2D eigenvalue weighted by Gasteiger charge is 2.15. The molecule has 2 N–H and O–H groups in total. The van der Waals surface area contributed by atoms with Crippen molar-refractivity contribution < 1.29 is 9.32 Å². The number of thiophene rings is 2. The predicted octanol–water partition coefficient (Wildman–Crippen LogP) is 3.45. The summed E-state index contributed by atoms with van der Waals surface area (Å²) in [7, 11) is 0. The van der Waals surface area contributed by atoms with Gasteiger partial charge in [-0.05, 0) is 40.2 Å². The quantitative estimate of drug-likeness (QED) is 0.670. The molecule has 9 heteroatoms. The van der Waals surface area contributed by atoms with Crippen LogP contribution in [0.3, 0.4) is 0 Å². The summed E-state index contributed by atoms with van der Waals surface area (Å²) in [5, 5.41) is 6.46. The van der Waals surface area contributed by atoms with Gasteiger partial charge in [-0.3, -0.25) is 14.3 Å². The van der Waals surface area contributed by atoms with Crippen molar-refractivity contribution in [2.45, 2.75) is 12.8 Å². The lowest BCUT2D eigenvalue weighted by molar-refractivity contribution is 0.0955. The van der Waals surface area contributed by atoms with Gasteiger partial charge in [-0.2, -0.15) is 0 Å². The summed E-state index contributed by atoms with van der Waals surface area (Å²) in [6.45, 7) is 2.20. The molecular formula is C14H12BrN3O3S2. The number of amides is 1. The number of aromatic amines is 1. The highest BCUT2D eigenvalue weighted by Crippen LogP contribution is 2.35. The first-order chi connectivity index (χ1) is 11.0. The maximum atomic E-state index is 12.2. The van der Waals surface area contributed by atoms with Crippen LogP contribution in [0.15, 0.2) is 37.4 Å². The average Bonchev–Trinajstić information content (AvgIpc) is 3.24. The molecule has 0 saturated carbocycles. The van der Waals surface area contributed by atoms with Crippen LogP contribution in [-0.4, -0.2) is 22.6 Å². The van der Waals surface area contributed by atoms with E-state index in [1.54, 1.807) is 11.3 Å². The molecule has 3 rings (SSSR count). The Morgan fingerprint density at radius 1 is 1.35 bits per heavy atom. The Morgan fingerprint density at radius 2 is 2.09 bits per heavy atom. The van der Waals surface area contributed by atoms with E-state index < -0.39 is 5.76 Å². The Bertz CT molecular complexity index is 880. The van der Waals surface area contributed by atoms with E-state index in [0.717, 1.165) is 13.5 Å². The Labute approximate surface area is 147 Å². The number of nitrogens with one attached hydrogen (secondary N) is 2. The molecule has 6 nitrogen and oxygen atoms in total. The topological polar surface area (TPSA) is 88.0 Å². The summed E-state index contributed by atoms with van der Waals surface area (Å²) >= 11 is 6.51. The van der Waals surface area contributed by atoms with E-state index >= 15 is 0 Å². The molecule has 3 aromatic heterocycles. The molecule has 0 aliphatic carbocycles. The normalized spacial score (nSPS) is 12.3. The summed E-state index contributed by atoms with van der Waals surface area (Å²) < 4.78 is 5.51. The number of carbonyl (C=O) groups excluding carboxylic acids is 1. The van der Waals surface area contributed by atoms with Crippen molar-refractivity contribution in [3.8, 4) is 9.75 Å². The number of hydrogen-bond donors (Lipinski definition) is 2. The minimum Gasteiger partial charge on any atom is -0.351 e. The van der Waals surface area contributed by atoms with Crippen LogP contribution in [0.4, 0.5) is 0 Å². The fraction of sp³-hybridized carbons (Fsp3) is 0.214. The second-order valence-corrected chi connectivity index (χ2v) is 8.41. The monoisotopic (exact) mass is 413 g/mol. The van der Waals surface area contributed by atoms with Gasteiger partial charge < -0.3 is 5.32 Å². The fourth-order valence-corrected chi connectivity index (χ4v) is 4.32. The number of H-pyrrole nitrogens is 1. The lowest BCUT2D eigenvalue weighted by Crippen LogP contribution is -2.27. The number of halogens is 1. The Hall–Kier alpha value is -1.71. The standard InChI is InChI=1S/C14H12BrN3O3S2/c1-7(12-17-14(20)21-18-12)6-16-13(19)10-3-2-8(22-10)9-4-5-11(15)23-9/h2-5,7H,6H2,1H3,(H,16,19)(H,17,18,20). The van der Waals surface area contributed by atoms with Gasteiger partial charge in [0.15, 0.2) is 5.82 Å². The third kappa shape index (κ3) is 3.80. The Balaban J connectivity index is 1.62. The highest BCUT2D eigenvalue weighted by atomic mass is 79.9. The van der Waals surface area contributed by atoms with Gasteiger partial charge in [0.1, 0.15) is 0 Å². The molecule has 0 spiro atoms. The zero-order valence-electron chi connectivity index (χ0n) is 12.0. The van der Waals surface area contributed by atoms with Crippen LogP contribution < -0.4 is 11.1 Å². The predicted molar refractivity (Wildman–Crippen MR) is 93.2 cm³/mol. The summed E-state index contributed by atoms with van der Waals surface area (Å²) in [6.07, 6.45) is 0. The average molecular weight is 414 g/mol. The van der Waals surface area contributed by atoms with Crippen LogP contribution in [0.2, 0.25) is 0 Å². The van der Waals surface area contributed by atoms with E-state index in [9.17, 15) is 9.59 Å². The molecule has 120 valence electrons. The minimum absolute atomic E-state index is 0.141. The number of hydrogen-bond acceptors (Lipinski definition) is 6. The van der Waals surface area contributed by atoms with Crippen molar-refractivity contribution in [3.05, 3.63) is 49.3 Å². The number of carbonyl (C=O) groups is 1. The van der Waals surface area contributed by atoms with Gasteiger partial charge in [-0.25, -0.2) is 4.79 Å². The molecule has 23 heavy (non-hydrogen) atoms. The fourth-order valence-electron chi connectivity index (χ4n) is 1.92. The molecule has 1 unspecified atom stereocenters. The largest absolute Gasteiger partial charge is 0.438 e. The van der Waals surface area contributed by atoms with Crippen LogP contribution in [0.1, 0.15) is 28.3 Å². The summed E-state index contributed by atoms with van der Waals surface area (Å²) in [5.41, 5.74) is 0.